The van der Waals surface area contributed by atoms with Crippen LogP contribution in [0.1, 0.15) is 20.7 Å². The Bertz CT molecular complexity index is 827. The summed E-state index contributed by atoms with van der Waals surface area (Å²) in [6.07, 6.45) is 0. The van der Waals surface area contributed by atoms with Crippen LogP contribution in [0.4, 0.5) is 20.2 Å². The van der Waals surface area contributed by atoms with E-state index in [0.717, 1.165) is 30.3 Å². The molecule has 0 saturated carbocycles. The van der Waals surface area contributed by atoms with Crippen molar-refractivity contribution in [3.8, 4) is 0 Å². The molecule has 2 aromatic rings. The molecule has 2 rings (SSSR count). The predicted molar refractivity (Wildman–Crippen MR) is 100 cm³/mol. The number of carboxylic acid groups (broad SMARTS) is 2. The molecule has 0 atom stereocenters. The third-order valence-corrected chi connectivity index (χ3v) is 3.17. The fraction of sp³-hybridized carbons (Fsp3) is 0. The molecule has 0 heterocycles. The second-order valence-corrected chi connectivity index (χ2v) is 5.40. The summed E-state index contributed by atoms with van der Waals surface area (Å²) < 4.78 is 27.8. The van der Waals surface area contributed by atoms with Gasteiger partial charge in [0.15, 0.2) is 0 Å². The van der Waals surface area contributed by atoms with Crippen LogP contribution in [0.2, 0.25) is 0 Å². The van der Waals surface area contributed by atoms with Crippen LogP contribution in [0.3, 0.4) is 0 Å². The Kier molecular flexibility index (Phi) is 10.1. The molecule has 0 spiro atoms. The molecule has 0 amide bonds. The minimum absolute atomic E-state index is 0.0579. The maximum absolute atomic E-state index is 12.7. The fourth-order valence-corrected chi connectivity index (χ4v) is 1.82. The first-order chi connectivity index (χ1) is 12.0. The van der Waals surface area contributed by atoms with E-state index in [1.807, 2.05) is 0 Å². The van der Waals surface area contributed by atoms with Crippen molar-refractivity contribution in [1.29, 1.82) is 0 Å². The number of nitrogens with two attached hydrogens (primary N) is 2. The van der Waals surface area contributed by atoms with Gasteiger partial charge in [-0.1, -0.05) is 0 Å². The van der Waals surface area contributed by atoms with Crippen molar-refractivity contribution in [1.82, 2.24) is 0 Å². The summed E-state index contributed by atoms with van der Waals surface area (Å²) in [6.45, 7) is 0. The van der Waals surface area contributed by atoms with Crippen LogP contribution in [0.25, 0.3) is 0 Å². The van der Waals surface area contributed by atoms with E-state index in [4.69, 9.17) is 21.7 Å². The number of nitrogen functional groups attached to an aromatic ring is 2. The van der Waals surface area contributed by atoms with E-state index in [1.165, 1.54) is 0 Å². The van der Waals surface area contributed by atoms with Crippen LogP contribution in [0.5, 0.6) is 0 Å². The zero-order valence-electron chi connectivity index (χ0n) is 12.9. The number of nitrogens with zero attached hydrogens (tertiary/aromatic N) is 1. The number of carbonyl (C=O) groups is 2. The van der Waals surface area contributed by atoms with E-state index in [-0.39, 0.29) is 27.0 Å². The van der Waals surface area contributed by atoms with E-state index in [0.29, 0.717) is 0 Å². The Labute approximate surface area is 161 Å². The van der Waals surface area contributed by atoms with Crippen LogP contribution >= 0.6 is 28.7 Å². The molecule has 0 aliphatic heterocycles. The van der Waals surface area contributed by atoms with E-state index >= 15 is 0 Å². The second kappa shape index (κ2) is 11.2. The van der Waals surface area contributed by atoms with Crippen molar-refractivity contribution in [3.63, 3.8) is 0 Å². The summed E-state index contributed by atoms with van der Waals surface area (Å²) in [6, 6.07) is 5.26. The van der Waals surface area contributed by atoms with Crippen LogP contribution in [-0.2, 0) is 0 Å². The van der Waals surface area contributed by atoms with Gasteiger partial charge in [0.2, 0.25) is 0 Å². The number of hydrogen-bond acceptors (Lipinski definition) is 6. The summed E-state index contributed by atoms with van der Waals surface area (Å²) in [5.74, 6) is -3.43. The van der Waals surface area contributed by atoms with Gasteiger partial charge < -0.3 is 21.7 Å². The molecule has 2 aromatic carbocycles. The molecule has 0 unspecified atom stereocenters. The van der Waals surface area contributed by atoms with Gasteiger partial charge in [0.25, 0.3) is 0 Å². The quantitative estimate of drug-likeness (QED) is 0.273. The van der Waals surface area contributed by atoms with Crippen LogP contribution in [0.15, 0.2) is 39.1 Å². The van der Waals surface area contributed by atoms with Crippen molar-refractivity contribution in [3.05, 3.63) is 57.6 Å². The van der Waals surface area contributed by atoms with E-state index in [9.17, 15) is 18.4 Å². The summed E-state index contributed by atoms with van der Waals surface area (Å²) >= 11 is 6.05. The SMILES string of the molecule is Nc1cc(F)c(Br)cc1C(=O)O.Nc1cc(F)ccc1C(=O)O.[B]=NS. The first kappa shape index (κ1) is 23.5. The third kappa shape index (κ3) is 7.61. The van der Waals surface area contributed by atoms with Crippen molar-refractivity contribution >= 4 is 59.7 Å². The van der Waals surface area contributed by atoms with Gasteiger partial charge in [-0.2, -0.15) is 0 Å². The standard InChI is InChI=1S/C7H5BrFNO2.C7H6FNO2.BHNS/c8-4-1-3(7(11)12)6(10)2-5(4)9;8-4-1-2-5(7(10)11)6(9)3-4;1-2-3/h1-2H,10H2,(H,11,12);1-3H,9H2,(H,10,11);3H. The van der Waals surface area contributed by atoms with E-state index < -0.39 is 23.6 Å². The summed E-state index contributed by atoms with van der Waals surface area (Å²) in [7, 11) is 4.34. The van der Waals surface area contributed by atoms with Crippen molar-refractivity contribution in [2.24, 2.45) is 4.30 Å². The first-order valence-electron chi connectivity index (χ1n) is 6.35. The first-order valence-corrected chi connectivity index (χ1v) is 7.54. The fourth-order valence-electron chi connectivity index (χ4n) is 1.48. The molecule has 12 heteroatoms. The summed E-state index contributed by atoms with van der Waals surface area (Å²) in [4.78, 5) is 20.8. The van der Waals surface area contributed by atoms with Crippen molar-refractivity contribution in [2.75, 3.05) is 11.5 Å². The molecular weight excluding hydrogens is 435 g/mol. The molecule has 0 saturated heterocycles. The molecule has 137 valence electrons. The average molecular weight is 447 g/mol. The van der Waals surface area contributed by atoms with Gasteiger partial charge in [-0.3, -0.25) is 0 Å². The van der Waals surface area contributed by atoms with Gasteiger partial charge in [0.05, 0.1) is 15.6 Å². The van der Waals surface area contributed by atoms with Crippen LogP contribution in [0, 0.1) is 11.6 Å². The minimum atomic E-state index is -1.17. The zero-order chi connectivity index (χ0) is 20.4. The van der Waals surface area contributed by atoms with E-state index in [2.05, 4.69) is 40.7 Å². The van der Waals surface area contributed by atoms with Gasteiger partial charge in [-0.25, -0.2) is 18.4 Å². The number of rotatable bonds is 2. The molecule has 26 heavy (non-hydrogen) atoms. The maximum atomic E-state index is 12.7. The molecule has 1 radical (unpaired) electrons. The number of anilines is 2. The Morgan fingerprint density at radius 3 is 1.92 bits per heavy atom. The molecule has 0 fully saturated rings. The Balaban J connectivity index is 0.000000419. The molecule has 0 aromatic heterocycles. The molecule has 0 bridgehead atoms. The zero-order valence-corrected chi connectivity index (χ0v) is 15.3. The number of benzene rings is 2. The second-order valence-electron chi connectivity index (χ2n) is 4.31. The van der Waals surface area contributed by atoms with Gasteiger partial charge in [-0.15, -0.1) is 0 Å². The van der Waals surface area contributed by atoms with Gasteiger partial charge in [0, 0.05) is 11.4 Å². The van der Waals surface area contributed by atoms with Crippen molar-refractivity contribution in [2.45, 2.75) is 0 Å². The normalized spacial score (nSPS) is 9.04. The number of halogens is 3. The molecule has 6 N–H and O–H groups in total. The van der Waals surface area contributed by atoms with Crippen LogP contribution < -0.4 is 11.5 Å². The van der Waals surface area contributed by atoms with Gasteiger partial charge in [0.1, 0.15) is 11.6 Å². The molecule has 0 aliphatic carbocycles. The third-order valence-electron chi connectivity index (χ3n) is 2.57. The Morgan fingerprint density at radius 2 is 1.50 bits per heavy atom. The summed E-state index contributed by atoms with van der Waals surface area (Å²) in [5.41, 5.74) is 10.1. The van der Waals surface area contributed by atoms with Gasteiger partial charge in [-0.05, 0) is 46.3 Å². The number of carboxylic acids is 2. The van der Waals surface area contributed by atoms with Crippen molar-refractivity contribution < 1.29 is 28.6 Å². The number of thiol groups is 1. The number of hydrogen-bond donors (Lipinski definition) is 5. The molecule has 7 nitrogen and oxygen atoms in total. The molecular formula is C14H12BBrF2N3O4S. The Hall–Kier alpha value is -2.47. The van der Waals surface area contributed by atoms with Gasteiger partial charge >= 0.3 is 36.7 Å². The topological polar surface area (TPSA) is 139 Å². The average Bonchev–Trinajstić information content (AvgIpc) is 2.51. The van der Waals surface area contributed by atoms with E-state index in [1.54, 1.807) is 0 Å². The molecule has 0 aliphatic rings. The monoisotopic (exact) mass is 446 g/mol. The predicted octanol–water partition coefficient (Wildman–Crippen LogP) is 3.16. The summed E-state index contributed by atoms with van der Waals surface area (Å²) in [5, 5.41) is 17.0. The van der Waals surface area contributed by atoms with Crippen LogP contribution in [-0.4, -0.2) is 29.8 Å². The Morgan fingerprint density at radius 1 is 1.04 bits per heavy atom. The number of aromatic carboxylic acids is 2.